The molecule has 1 aromatic rings. The molecule has 7 nitrogen and oxygen atoms in total. The van der Waals surface area contributed by atoms with Crippen molar-refractivity contribution in [3.63, 3.8) is 0 Å². The van der Waals surface area contributed by atoms with Crippen LogP contribution in [0.25, 0.3) is 0 Å². The van der Waals surface area contributed by atoms with Gasteiger partial charge in [0.25, 0.3) is 11.8 Å². The molecule has 7 heteroatoms. The molecule has 3 N–H and O–H groups in total. The molecule has 24 heavy (non-hydrogen) atoms. The number of carbonyl (C=O) groups excluding carboxylic acids is 3. The maximum Gasteiger partial charge on any atom is 0.325 e. The Balaban J connectivity index is 2.10. The standard InChI is InChI=1S/C17H23N3O4/c1-10(2)14(15(21)19-24)20-16(22)13(18-17(20)23)9-8-12-7-5-4-6-11(12)3/h4-7,10,13-14,24H,8-9H2,1-3H3,(H,18,23)(H,19,21). The Kier molecular flexibility index (Phi) is 5.56. The Morgan fingerprint density at radius 2 is 2.00 bits per heavy atom. The van der Waals surface area contributed by atoms with Crippen molar-refractivity contribution in [2.24, 2.45) is 5.92 Å². The molecular formula is C17H23N3O4. The van der Waals surface area contributed by atoms with Crippen LogP contribution in [-0.2, 0) is 16.0 Å². The molecule has 0 radical (unpaired) electrons. The van der Waals surface area contributed by atoms with Gasteiger partial charge >= 0.3 is 6.03 Å². The molecule has 2 atom stereocenters. The number of hydroxylamine groups is 1. The van der Waals surface area contributed by atoms with Crippen LogP contribution >= 0.6 is 0 Å². The van der Waals surface area contributed by atoms with E-state index in [0.717, 1.165) is 16.0 Å². The van der Waals surface area contributed by atoms with E-state index in [9.17, 15) is 14.4 Å². The summed E-state index contributed by atoms with van der Waals surface area (Å²) in [6.45, 7) is 5.42. The van der Waals surface area contributed by atoms with E-state index in [2.05, 4.69) is 5.32 Å². The van der Waals surface area contributed by atoms with Gasteiger partial charge in [-0.1, -0.05) is 38.1 Å². The van der Waals surface area contributed by atoms with Crippen molar-refractivity contribution < 1.29 is 19.6 Å². The molecule has 0 aliphatic carbocycles. The Morgan fingerprint density at radius 3 is 2.58 bits per heavy atom. The molecule has 0 bridgehead atoms. The largest absolute Gasteiger partial charge is 0.326 e. The van der Waals surface area contributed by atoms with Crippen molar-refractivity contribution in [1.29, 1.82) is 0 Å². The summed E-state index contributed by atoms with van der Waals surface area (Å²) in [6.07, 6.45) is 1.10. The normalized spacial score (nSPS) is 18.7. The second kappa shape index (κ2) is 7.44. The average Bonchev–Trinajstić information content (AvgIpc) is 2.81. The highest BCUT2D eigenvalue weighted by Crippen LogP contribution is 2.20. The number of nitrogens with one attached hydrogen (secondary N) is 2. The van der Waals surface area contributed by atoms with Crippen LogP contribution in [0, 0.1) is 12.8 Å². The third-order valence-corrected chi connectivity index (χ3v) is 4.30. The van der Waals surface area contributed by atoms with Crippen molar-refractivity contribution in [2.75, 3.05) is 0 Å². The summed E-state index contributed by atoms with van der Waals surface area (Å²) in [5.74, 6) is -1.52. The lowest BCUT2D eigenvalue weighted by Gasteiger charge is -2.26. The van der Waals surface area contributed by atoms with Crippen LogP contribution in [0.4, 0.5) is 4.79 Å². The molecule has 1 aliphatic rings. The van der Waals surface area contributed by atoms with E-state index in [-0.39, 0.29) is 5.92 Å². The zero-order valence-electron chi connectivity index (χ0n) is 14.1. The lowest BCUT2D eigenvalue weighted by molar-refractivity contribution is -0.142. The predicted molar refractivity (Wildman–Crippen MR) is 87.2 cm³/mol. The van der Waals surface area contributed by atoms with Gasteiger partial charge in [-0.15, -0.1) is 0 Å². The van der Waals surface area contributed by atoms with E-state index in [1.165, 1.54) is 5.48 Å². The summed E-state index contributed by atoms with van der Waals surface area (Å²) in [5, 5.41) is 11.5. The minimum atomic E-state index is -1.04. The quantitative estimate of drug-likeness (QED) is 0.416. The zero-order valence-corrected chi connectivity index (χ0v) is 14.1. The molecule has 1 aromatic carbocycles. The first-order chi connectivity index (χ1) is 11.4. The Hall–Kier alpha value is -2.41. The number of rotatable bonds is 6. The number of aryl methyl sites for hydroxylation is 2. The number of carbonyl (C=O) groups is 3. The van der Waals surface area contributed by atoms with Gasteiger partial charge in [-0.3, -0.25) is 14.8 Å². The summed E-state index contributed by atoms with van der Waals surface area (Å²) in [5.41, 5.74) is 3.78. The SMILES string of the molecule is Cc1ccccc1CCC1NC(=O)N(C(C(=O)NO)C(C)C)C1=O. The second-order valence-corrected chi connectivity index (χ2v) is 6.34. The van der Waals surface area contributed by atoms with E-state index in [4.69, 9.17) is 5.21 Å². The summed E-state index contributed by atoms with van der Waals surface area (Å²) >= 11 is 0. The highest BCUT2D eigenvalue weighted by molar-refractivity contribution is 6.07. The molecule has 0 spiro atoms. The monoisotopic (exact) mass is 333 g/mol. The van der Waals surface area contributed by atoms with Gasteiger partial charge in [0.2, 0.25) is 0 Å². The fourth-order valence-electron chi connectivity index (χ4n) is 2.98. The van der Waals surface area contributed by atoms with Crippen LogP contribution in [0.1, 0.15) is 31.4 Å². The van der Waals surface area contributed by atoms with Crippen LogP contribution in [0.15, 0.2) is 24.3 Å². The topological polar surface area (TPSA) is 98.7 Å². The van der Waals surface area contributed by atoms with Crippen LogP contribution in [-0.4, -0.2) is 40.0 Å². The Bertz CT molecular complexity index is 644. The summed E-state index contributed by atoms with van der Waals surface area (Å²) in [4.78, 5) is 37.5. The van der Waals surface area contributed by atoms with Gasteiger partial charge in [0.1, 0.15) is 12.1 Å². The number of amides is 4. The maximum atomic E-state index is 12.6. The fraction of sp³-hybridized carbons (Fsp3) is 0.471. The van der Waals surface area contributed by atoms with E-state index in [1.54, 1.807) is 13.8 Å². The predicted octanol–water partition coefficient (Wildman–Crippen LogP) is 1.38. The van der Waals surface area contributed by atoms with Crippen LogP contribution in [0.5, 0.6) is 0 Å². The number of hydrogen-bond acceptors (Lipinski definition) is 4. The first kappa shape index (κ1) is 17.9. The van der Waals surface area contributed by atoms with Gasteiger partial charge in [-0.05, 0) is 36.8 Å². The van der Waals surface area contributed by atoms with E-state index < -0.39 is 29.9 Å². The number of urea groups is 1. The van der Waals surface area contributed by atoms with Crippen molar-refractivity contribution in [1.82, 2.24) is 15.7 Å². The molecule has 1 fully saturated rings. The highest BCUT2D eigenvalue weighted by Gasteiger charge is 2.45. The van der Waals surface area contributed by atoms with Gasteiger partial charge < -0.3 is 5.32 Å². The molecule has 1 saturated heterocycles. The van der Waals surface area contributed by atoms with Gasteiger partial charge in [0.05, 0.1) is 0 Å². The van der Waals surface area contributed by atoms with Crippen molar-refractivity contribution >= 4 is 17.8 Å². The van der Waals surface area contributed by atoms with Gasteiger partial charge in [-0.25, -0.2) is 15.2 Å². The first-order valence-corrected chi connectivity index (χ1v) is 7.98. The third kappa shape index (κ3) is 3.56. The number of hydrogen-bond donors (Lipinski definition) is 3. The molecule has 0 saturated carbocycles. The molecule has 1 aliphatic heterocycles. The van der Waals surface area contributed by atoms with Crippen molar-refractivity contribution in [3.05, 3.63) is 35.4 Å². The second-order valence-electron chi connectivity index (χ2n) is 6.34. The minimum absolute atomic E-state index is 0.318. The van der Waals surface area contributed by atoms with Crippen LogP contribution in [0.3, 0.4) is 0 Å². The minimum Gasteiger partial charge on any atom is -0.326 e. The molecule has 2 rings (SSSR count). The molecule has 130 valence electrons. The lowest BCUT2D eigenvalue weighted by Crippen LogP contribution is -2.52. The molecule has 4 amide bonds. The van der Waals surface area contributed by atoms with Crippen molar-refractivity contribution in [2.45, 2.75) is 45.7 Å². The number of imide groups is 1. The molecule has 1 heterocycles. The summed E-state index contributed by atoms with van der Waals surface area (Å²) in [7, 11) is 0. The van der Waals surface area contributed by atoms with E-state index in [0.29, 0.717) is 12.8 Å². The zero-order chi connectivity index (χ0) is 17.9. The summed E-state index contributed by atoms with van der Waals surface area (Å²) in [6, 6.07) is 5.57. The van der Waals surface area contributed by atoms with Gasteiger partial charge in [0, 0.05) is 0 Å². The average molecular weight is 333 g/mol. The molecule has 2 unspecified atom stereocenters. The van der Waals surface area contributed by atoms with Crippen LogP contribution in [0.2, 0.25) is 0 Å². The van der Waals surface area contributed by atoms with Crippen LogP contribution < -0.4 is 10.8 Å². The third-order valence-electron chi connectivity index (χ3n) is 4.30. The molecular weight excluding hydrogens is 310 g/mol. The van der Waals surface area contributed by atoms with Gasteiger partial charge in [-0.2, -0.15) is 0 Å². The van der Waals surface area contributed by atoms with E-state index in [1.807, 2.05) is 31.2 Å². The maximum absolute atomic E-state index is 12.6. The number of nitrogens with zero attached hydrogens (tertiary/aromatic N) is 1. The first-order valence-electron chi connectivity index (χ1n) is 7.98. The summed E-state index contributed by atoms with van der Waals surface area (Å²) < 4.78 is 0. The van der Waals surface area contributed by atoms with Crippen molar-refractivity contribution in [3.8, 4) is 0 Å². The number of benzene rings is 1. The van der Waals surface area contributed by atoms with E-state index >= 15 is 0 Å². The molecule has 0 aromatic heterocycles. The van der Waals surface area contributed by atoms with Gasteiger partial charge in [0.15, 0.2) is 0 Å². The fourth-order valence-corrected chi connectivity index (χ4v) is 2.98. The smallest absolute Gasteiger partial charge is 0.325 e. The Morgan fingerprint density at radius 1 is 1.33 bits per heavy atom. The highest BCUT2D eigenvalue weighted by atomic mass is 16.5. The Labute approximate surface area is 141 Å². The lowest BCUT2D eigenvalue weighted by atomic mass is 9.99.